The highest BCUT2D eigenvalue weighted by Crippen LogP contribution is 2.43. The van der Waals surface area contributed by atoms with Gasteiger partial charge in [-0.15, -0.1) is 5.10 Å². The van der Waals surface area contributed by atoms with Crippen molar-refractivity contribution in [3.05, 3.63) is 53.5 Å². The van der Waals surface area contributed by atoms with Gasteiger partial charge in [0.1, 0.15) is 22.5 Å². The lowest BCUT2D eigenvalue weighted by Gasteiger charge is -2.33. The van der Waals surface area contributed by atoms with Gasteiger partial charge < -0.3 is 14.4 Å². The van der Waals surface area contributed by atoms with Crippen molar-refractivity contribution in [1.82, 2.24) is 39.3 Å². The van der Waals surface area contributed by atoms with Crippen molar-refractivity contribution >= 4 is 22.1 Å². The Hall–Kier alpha value is -3.70. The molecule has 198 valence electrons. The fourth-order valence-electron chi connectivity index (χ4n) is 5.83. The molecule has 1 atom stereocenters. The van der Waals surface area contributed by atoms with Crippen LogP contribution in [-0.2, 0) is 24.4 Å². The maximum Gasteiger partial charge on any atom is 0.146 e. The summed E-state index contributed by atoms with van der Waals surface area (Å²) in [7, 11) is 3.38. The summed E-state index contributed by atoms with van der Waals surface area (Å²) in [6, 6.07) is 4.18. The zero-order valence-corrected chi connectivity index (χ0v) is 21.7. The largest absolute Gasteiger partial charge is 0.384 e. The molecule has 38 heavy (non-hydrogen) atoms. The summed E-state index contributed by atoms with van der Waals surface area (Å²) >= 11 is 0. The number of halogens is 1. The first-order valence-electron chi connectivity index (χ1n) is 14.1. The topological polar surface area (TPSA) is 109 Å². The van der Waals surface area contributed by atoms with Crippen LogP contribution in [0.2, 0.25) is 0 Å². The first-order chi connectivity index (χ1) is 19.4. The van der Waals surface area contributed by atoms with Crippen LogP contribution < -0.4 is 0 Å². The standard InChI is InChI=1S/C27H31FN8O2/c1-15-23(34(4)33-31-15)17-13-19-21(30-14-17)22-25(26(27(2,3)37)35(5)32-22)36(19)24(16-8-11-38-12-9-16)20-18(28)7-6-10-29-20/h6-7,10,13-14,16,24,37H,8-9,11-12H2,1-5H3/i1D3. The third kappa shape index (κ3) is 3.80. The molecule has 0 spiro atoms. The summed E-state index contributed by atoms with van der Waals surface area (Å²) in [5.74, 6) is -0.501. The van der Waals surface area contributed by atoms with E-state index in [0.29, 0.717) is 65.1 Å². The van der Waals surface area contributed by atoms with Crippen LogP contribution in [0.4, 0.5) is 4.39 Å². The van der Waals surface area contributed by atoms with Gasteiger partial charge in [0.2, 0.25) is 0 Å². The van der Waals surface area contributed by atoms with Crippen LogP contribution in [0.5, 0.6) is 0 Å². The van der Waals surface area contributed by atoms with E-state index in [-0.39, 0.29) is 17.3 Å². The minimum absolute atomic E-state index is 0.0539. The average Bonchev–Trinajstić information content (AvgIpc) is 3.55. The number of aliphatic hydroxyl groups is 1. The summed E-state index contributed by atoms with van der Waals surface area (Å²) in [5.41, 5.74) is 2.43. The van der Waals surface area contributed by atoms with Gasteiger partial charge >= 0.3 is 0 Å². The van der Waals surface area contributed by atoms with Gasteiger partial charge in [0.15, 0.2) is 0 Å². The molecule has 6 rings (SSSR count). The Kier molecular flexibility index (Phi) is 5.01. The molecule has 1 aliphatic heterocycles. The van der Waals surface area contributed by atoms with Gasteiger partial charge in [-0.25, -0.2) is 9.07 Å². The molecular formula is C27H31FN8O2. The molecule has 1 saturated heterocycles. The third-order valence-electron chi connectivity index (χ3n) is 7.35. The normalized spacial score (nSPS) is 17.6. The quantitative estimate of drug-likeness (QED) is 0.375. The zero-order chi connectivity index (χ0) is 29.3. The van der Waals surface area contributed by atoms with Crippen LogP contribution in [0.15, 0.2) is 30.6 Å². The molecule has 11 heteroatoms. The monoisotopic (exact) mass is 521 g/mol. The second kappa shape index (κ2) is 8.95. The molecule has 0 amide bonds. The lowest BCUT2D eigenvalue weighted by Crippen LogP contribution is -2.29. The van der Waals surface area contributed by atoms with Crippen LogP contribution in [0, 0.1) is 18.6 Å². The summed E-state index contributed by atoms with van der Waals surface area (Å²) in [5, 5.41) is 23.9. The molecule has 0 saturated carbocycles. The van der Waals surface area contributed by atoms with E-state index in [9.17, 15) is 5.11 Å². The minimum Gasteiger partial charge on any atom is -0.384 e. The fraction of sp³-hybridized carbons (Fsp3) is 0.444. The highest BCUT2D eigenvalue weighted by atomic mass is 19.1. The SMILES string of the molecule is [2H]C([2H])([2H])c1nnn(C)c1-c1cnc2c3nn(C)c(C(C)(C)O)c3n(C(c3ncccc3F)C3CCOCC3)c2c1. The number of hydrogen-bond donors (Lipinski definition) is 1. The second-order valence-corrected chi connectivity index (χ2v) is 10.4. The minimum atomic E-state index is -2.50. The molecule has 10 nitrogen and oxygen atoms in total. The summed E-state index contributed by atoms with van der Waals surface area (Å²) in [6.07, 6.45) is 4.48. The van der Waals surface area contributed by atoms with E-state index in [0.717, 1.165) is 0 Å². The highest BCUT2D eigenvalue weighted by molar-refractivity contribution is 6.05. The Bertz CT molecular complexity index is 1760. The van der Waals surface area contributed by atoms with Crippen molar-refractivity contribution in [2.45, 2.75) is 45.2 Å². The first-order valence-corrected chi connectivity index (χ1v) is 12.6. The van der Waals surface area contributed by atoms with Gasteiger partial charge in [-0.1, -0.05) is 5.21 Å². The Morgan fingerprint density at radius 1 is 1.18 bits per heavy atom. The fourth-order valence-corrected chi connectivity index (χ4v) is 5.83. The molecule has 0 aliphatic carbocycles. The van der Waals surface area contributed by atoms with Gasteiger partial charge in [0.25, 0.3) is 0 Å². The van der Waals surface area contributed by atoms with Gasteiger partial charge in [-0.2, -0.15) is 5.10 Å². The molecular weight excluding hydrogens is 487 g/mol. The van der Waals surface area contributed by atoms with Crippen LogP contribution in [-0.4, -0.2) is 57.6 Å². The van der Waals surface area contributed by atoms with Gasteiger partial charge in [0.05, 0.1) is 39.9 Å². The number of aryl methyl sites for hydroxylation is 3. The predicted octanol–water partition coefficient (Wildman–Crippen LogP) is 3.80. The maximum atomic E-state index is 15.6. The van der Waals surface area contributed by atoms with E-state index in [1.165, 1.54) is 10.7 Å². The van der Waals surface area contributed by atoms with Crippen LogP contribution in [0.3, 0.4) is 0 Å². The van der Waals surface area contributed by atoms with Gasteiger partial charge in [0, 0.05) is 49.4 Å². The molecule has 5 aromatic rings. The lowest BCUT2D eigenvalue weighted by molar-refractivity contribution is 0.0536. The van der Waals surface area contributed by atoms with Crippen molar-refractivity contribution in [3.8, 4) is 11.3 Å². The molecule has 6 heterocycles. The summed E-state index contributed by atoms with van der Waals surface area (Å²) in [4.78, 5) is 9.27. The molecule has 1 unspecified atom stereocenters. The molecule has 0 bridgehead atoms. The number of fused-ring (bicyclic) bond motifs is 3. The molecule has 1 N–H and O–H groups in total. The van der Waals surface area contributed by atoms with E-state index in [4.69, 9.17) is 18.9 Å². The van der Waals surface area contributed by atoms with E-state index in [1.807, 2.05) is 10.6 Å². The number of hydrogen-bond acceptors (Lipinski definition) is 7. The maximum absolute atomic E-state index is 15.6. The van der Waals surface area contributed by atoms with E-state index in [1.54, 1.807) is 51.1 Å². The Morgan fingerprint density at radius 3 is 2.68 bits per heavy atom. The Morgan fingerprint density at radius 2 is 1.97 bits per heavy atom. The van der Waals surface area contributed by atoms with Crippen molar-refractivity contribution in [1.29, 1.82) is 0 Å². The van der Waals surface area contributed by atoms with E-state index in [2.05, 4.69) is 15.3 Å². The van der Waals surface area contributed by atoms with Gasteiger partial charge in [-0.05, 0) is 57.7 Å². The Labute approximate surface area is 223 Å². The van der Waals surface area contributed by atoms with Crippen molar-refractivity contribution in [2.75, 3.05) is 13.2 Å². The predicted molar refractivity (Wildman–Crippen MR) is 140 cm³/mol. The summed E-state index contributed by atoms with van der Waals surface area (Å²) < 4.78 is 50.2. The van der Waals surface area contributed by atoms with Crippen molar-refractivity contribution in [2.24, 2.45) is 20.0 Å². The van der Waals surface area contributed by atoms with Crippen molar-refractivity contribution < 1.29 is 18.3 Å². The number of nitrogens with zero attached hydrogens (tertiary/aromatic N) is 8. The lowest BCUT2D eigenvalue weighted by atomic mass is 9.88. The number of pyridine rings is 2. The van der Waals surface area contributed by atoms with Crippen LogP contribution in [0.25, 0.3) is 33.3 Å². The highest BCUT2D eigenvalue weighted by Gasteiger charge is 2.37. The first kappa shape index (κ1) is 21.3. The van der Waals surface area contributed by atoms with E-state index < -0.39 is 24.3 Å². The van der Waals surface area contributed by atoms with E-state index >= 15 is 4.39 Å². The average molecular weight is 522 g/mol. The molecule has 1 aliphatic rings. The smallest absolute Gasteiger partial charge is 0.146 e. The number of aromatic nitrogens is 8. The molecule has 1 fully saturated rings. The second-order valence-electron chi connectivity index (χ2n) is 10.4. The van der Waals surface area contributed by atoms with Crippen molar-refractivity contribution in [3.63, 3.8) is 0 Å². The van der Waals surface area contributed by atoms with Crippen LogP contribution >= 0.6 is 0 Å². The molecule has 5 aromatic heterocycles. The molecule has 0 radical (unpaired) electrons. The third-order valence-corrected chi connectivity index (χ3v) is 7.35. The summed E-state index contributed by atoms with van der Waals surface area (Å²) in [6.45, 7) is 1.91. The zero-order valence-electron chi connectivity index (χ0n) is 24.7. The number of rotatable bonds is 5. The van der Waals surface area contributed by atoms with Gasteiger partial charge in [-0.3, -0.25) is 14.6 Å². The number of ether oxygens (including phenoxy) is 1. The Balaban J connectivity index is 1.74. The molecule has 0 aromatic carbocycles. The van der Waals surface area contributed by atoms with Crippen LogP contribution in [0.1, 0.15) is 53.9 Å².